The minimum atomic E-state index is -0.557. The van der Waals surface area contributed by atoms with E-state index in [1.54, 1.807) is 11.9 Å². The van der Waals surface area contributed by atoms with Crippen LogP contribution >= 0.6 is 15.9 Å². The first-order valence-corrected chi connectivity index (χ1v) is 10.9. The molecule has 1 N–H and O–H groups in total. The van der Waals surface area contributed by atoms with Gasteiger partial charge in [0.05, 0.1) is 4.47 Å². The molecule has 0 aliphatic rings. The molecule has 0 aliphatic carbocycles. The Labute approximate surface area is 187 Å². The molecule has 0 aliphatic heterocycles. The number of nitrogens with one attached hydrogen (secondary N) is 1. The number of ether oxygens (including phenoxy) is 1. The maximum absolute atomic E-state index is 13.1. The van der Waals surface area contributed by atoms with Crippen molar-refractivity contribution in [1.82, 2.24) is 10.2 Å². The van der Waals surface area contributed by atoms with E-state index in [2.05, 4.69) is 42.0 Å². The summed E-state index contributed by atoms with van der Waals surface area (Å²) in [6.45, 7) is 8.53. The number of likely N-dealkylation sites (N-methyl/N-ethyl adjacent to an activating group) is 1. The number of benzene rings is 2. The van der Waals surface area contributed by atoms with Crippen LogP contribution in [0.3, 0.4) is 0 Å². The second-order valence-electron chi connectivity index (χ2n) is 8.23. The Morgan fingerprint density at radius 2 is 1.80 bits per heavy atom. The zero-order valence-corrected chi connectivity index (χ0v) is 20.0. The molecule has 2 aromatic rings. The molecule has 0 saturated heterocycles. The van der Waals surface area contributed by atoms with Crippen LogP contribution in [0.1, 0.15) is 45.2 Å². The minimum absolute atomic E-state index is 0.0191. The van der Waals surface area contributed by atoms with E-state index in [0.29, 0.717) is 18.7 Å². The molecule has 1 atom stereocenters. The molecule has 0 bridgehead atoms. The molecule has 2 aromatic carbocycles. The lowest BCUT2D eigenvalue weighted by Crippen LogP contribution is -2.49. The van der Waals surface area contributed by atoms with Crippen molar-refractivity contribution in [1.29, 1.82) is 0 Å². The lowest BCUT2D eigenvalue weighted by molar-refractivity contribution is -0.142. The van der Waals surface area contributed by atoms with E-state index < -0.39 is 6.04 Å². The third-order valence-electron chi connectivity index (χ3n) is 4.98. The van der Waals surface area contributed by atoms with E-state index in [4.69, 9.17) is 4.74 Å². The first-order chi connectivity index (χ1) is 14.2. The van der Waals surface area contributed by atoms with Crippen LogP contribution in [-0.4, -0.2) is 36.4 Å². The second-order valence-corrected chi connectivity index (χ2v) is 9.08. The van der Waals surface area contributed by atoms with Gasteiger partial charge in [-0.05, 0) is 51.0 Å². The van der Waals surface area contributed by atoms with Crippen molar-refractivity contribution in [3.63, 3.8) is 0 Å². The third-order valence-corrected chi connectivity index (χ3v) is 5.60. The summed E-state index contributed by atoms with van der Waals surface area (Å²) in [4.78, 5) is 27.1. The summed E-state index contributed by atoms with van der Waals surface area (Å²) in [5.41, 5.74) is 2.15. The minimum Gasteiger partial charge on any atom is -0.483 e. The average molecular weight is 475 g/mol. The van der Waals surface area contributed by atoms with Gasteiger partial charge in [0.15, 0.2) is 6.61 Å². The molecule has 6 heteroatoms. The van der Waals surface area contributed by atoms with Crippen molar-refractivity contribution in [2.75, 3.05) is 13.7 Å². The Hall–Kier alpha value is -2.34. The molecule has 5 nitrogen and oxygen atoms in total. The fraction of sp³-hybridized carbons (Fsp3) is 0.417. The van der Waals surface area contributed by atoms with Crippen LogP contribution in [0.2, 0.25) is 0 Å². The maximum Gasteiger partial charge on any atom is 0.261 e. The van der Waals surface area contributed by atoms with E-state index in [-0.39, 0.29) is 23.8 Å². The largest absolute Gasteiger partial charge is 0.483 e. The van der Waals surface area contributed by atoms with E-state index >= 15 is 0 Å². The molecule has 0 aromatic heterocycles. The number of carbonyl (C=O) groups excluding carboxylic acids is 2. The number of nitrogens with zero attached hydrogens (tertiary/aromatic N) is 1. The van der Waals surface area contributed by atoms with Gasteiger partial charge in [0.25, 0.3) is 5.91 Å². The average Bonchev–Trinajstić information content (AvgIpc) is 2.72. The van der Waals surface area contributed by atoms with Crippen molar-refractivity contribution < 1.29 is 14.3 Å². The van der Waals surface area contributed by atoms with Crippen LogP contribution < -0.4 is 10.1 Å². The van der Waals surface area contributed by atoms with Gasteiger partial charge in [-0.1, -0.05) is 64.1 Å². The van der Waals surface area contributed by atoms with Crippen LogP contribution in [0.25, 0.3) is 0 Å². The van der Waals surface area contributed by atoms with Crippen molar-refractivity contribution in [3.8, 4) is 5.75 Å². The number of hydrogen-bond donors (Lipinski definition) is 1. The standard InChI is InChI=1S/C24H31BrN2O3/c1-6-20(23(29)26-5)27(15-17-10-8-7-9-11-17)22(28)16-30-21-13-12-18(14-19(21)25)24(2,3)4/h7-14,20H,6,15-16H2,1-5H3,(H,26,29)/t20-/m1/s1. The van der Waals surface area contributed by atoms with Gasteiger partial charge >= 0.3 is 0 Å². The quantitative estimate of drug-likeness (QED) is 0.603. The first kappa shape index (κ1) is 23.9. The fourth-order valence-corrected chi connectivity index (χ4v) is 3.67. The number of halogens is 1. The highest BCUT2D eigenvalue weighted by molar-refractivity contribution is 9.10. The Morgan fingerprint density at radius 1 is 1.13 bits per heavy atom. The van der Waals surface area contributed by atoms with Gasteiger partial charge in [-0.25, -0.2) is 0 Å². The predicted molar refractivity (Wildman–Crippen MR) is 123 cm³/mol. The topological polar surface area (TPSA) is 58.6 Å². The van der Waals surface area contributed by atoms with E-state index in [1.807, 2.05) is 55.5 Å². The van der Waals surface area contributed by atoms with Gasteiger partial charge in [0, 0.05) is 13.6 Å². The van der Waals surface area contributed by atoms with Crippen LogP contribution in [0, 0.1) is 0 Å². The Morgan fingerprint density at radius 3 is 2.33 bits per heavy atom. The monoisotopic (exact) mass is 474 g/mol. The third kappa shape index (κ3) is 6.33. The molecule has 0 spiro atoms. The second kappa shape index (κ2) is 10.6. The molecule has 0 radical (unpaired) electrons. The molecule has 0 unspecified atom stereocenters. The summed E-state index contributed by atoms with van der Waals surface area (Å²) in [5, 5.41) is 2.66. The highest BCUT2D eigenvalue weighted by Gasteiger charge is 2.28. The number of carbonyl (C=O) groups is 2. The van der Waals surface area contributed by atoms with Crippen LogP contribution in [0.15, 0.2) is 53.0 Å². The van der Waals surface area contributed by atoms with Gasteiger partial charge < -0.3 is 15.0 Å². The van der Waals surface area contributed by atoms with Crippen LogP contribution in [0.5, 0.6) is 5.75 Å². The van der Waals surface area contributed by atoms with Crippen molar-refractivity contribution >= 4 is 27.7 Å². The van der Waals surface area contributed by atoms with Crippen LogP contribution in [0.4, 0.5) is 0 Å². The molecule has 30 heavy (non-hydrogen) atoms. The summed E-state index contributed by atoms with van der Waals surface area (Å²) in [6, 6.07) is 15.0. The summed E-state index contributed by atoms with van der Waals surface area (Å²) >= 11 is 3.54. The van der Waals surface area contributed by atoms with E-state index in [1.165, 1.54) is 5.56 Å². The number of hydrogen-bond acceptors (Lipinski definition) is 3. The van der Waals surface area contributed by atoms with Gasteiger partial charge in [0.1, 0.15) is 11.8 Å². The highest BCUT2D eigenvalue weighted by atomic mass is 79.9. The zero-order valence-electron chi connectivity index (χ0n) is 18.4. The first-order valence-electron chi connectivity index (χ1n) is 10.1. The molecular weight excluding hydrogens is 444 g/mol. The van der Waals surface area contributed by atoms with Gasteiger partial charge in [-0.15, -0.1) is 0 Å². The molecule has 2 rings (SSSR count). The SMILES string of the molecule is CC[C@H](C(=O)NC)N(Cc1ccccc1)C(=O)COc1ccc(C(C)(C)C)cc1Br. The van der Waals surface area contributed by atoms with E-state index in [9.17, 15) is 9.59 Å². The molecule has 0 saturated carbocycles. The van der Waals surface area contributed by atoms with Crippen molar-refractivity contribution in [2.45, 2.75) is 52.1 Å². The highest BCUT2D eigenvalue weighted by Crippen LogP contribution is 2.31. The lowest BCUT2D eigenvalue weighted by Gasteiger charge is -2.30. The van der Waals surface area contributed by atoms with Crippen LogP contribution in [-0.2, 0) is 21.5 Å². The predicted octanol–water partition coefficient (Wildman–Crippen LogP) is 4.68. The smallest absolute Gasteiger partial charge is 0.261 e. The lowest BCUT2D eigenvalue weighted by atomic mass is 9.87. The van der Waals surface area contributed by atoms with Gasteiger partial charge in [-0.3, -0.25) is 9.59 Å². The molecular formula is C24H31BrN2O3. The molecule has 0 heterocycles. The fourth-order valence-electron chi connectivity index (χ4n) is 3.17. The zero-order chi connectivity index (χ0) is 22.3. The maximum atomic E-state index is 13.1. The van der Waals surface area contributed by atoms with Crippen molar-refractivity contribution in [2.24, 2.45) is 0 Å². The summed E-state index contributed by atoms with van der Waals surface area (Å²) in [5.74, 6) is 0.183. The summed E-state index contributed by atoms with van der Waals surface area (Å²) in [7, 11) is 1.58. The Bertz CT molecular complexity index is 862. The summed E-state index contributed by atoms with van der Waals surface area (Å²) < 4.78 is 6.62. The van der Waals surface area contributed by atoms with Gasteiger partial charge in [-0.2, -0.15) is 0 Å². The summed E-state index contributed by atoms with van der Waals surface area (Å²) in [6.07, 6.45) is 0.516. The Kier molecular flexibility index (Phi) is 8.47. The number of rotatable bonds is 8. The normalized spacial score (nSPS) is 12.2. The molecule has 0 fully saturated rings. The van der Waals surface area contributed by atoms with Gasteiger partial charge in [0.2, 0.25) is 5.91 Å². The van der Waals surface area contributed by atoms with E-state index in [0.717, 1.165) is 10.0 Å². The number of amides is 2. The molecule has 2 amide bonds. The van der Waals surface area contributed by atoms with Crippen molar-refractivity contribution in [3.05, 3.63) is 64.1 Å². The Balaban J connectivity index is 2.18. The molecule has 162 valence electrons.